The molecule has 3 aromatic carbocycles. The molecule has 1 aliphatic heterocycles. The number of carbonyl (C=O) groups excluding carboxylic acids is 1. The molecule has 1 fully saturated rings. The van der Waals surface area contributed by atoms with Crippen LogP contribution in [0.15, 0.2) is 89.8 Å². The molecule has 0 saturated carbocycles. The highest BCUT2D eigenvalue weighted by Crippen LogP contribution is 2.35. The van der Waals surface area contributed by atoms with E-state index in [-0.39, 0.29) is 11.8 Å². The molecule has 1 atom stereocenters. The maximum absolute atomic E-state index is 13.1. The average Bonchev–Trinajstić information content (AvgIpc) is 3.51. The number of carbonyl (C=O) groups is 1. The summed E-state index contributed by atoms with van der Waals surface area (Å²) in [5.41, 5.74) is 6.06. The summed E-state index contributed by atoms with van der Waals surface area (Å²) in [5, 5.41) is 8.10. The second-order valence-electron chi connectivity index (χ2n) is 11.3. The number of aliphatic imine (C=N–C) groups is 1. The third-order valence-corrected chi connectivity index (χ3v) is 8.67. The van der Waals surface area contributed by atoms with E-state index in [2.05, 4.69) is 62.9 Å². The van der Waals surface area contributed by atoms with Gasteiger partial charge in [0.15, 0.2) is 11.0 Å². The van der Waals surface area contributed by atoms with Crippen LogP contribution in [0.25, 0.3) is 22.6 Å². The molecule has 1 aromatic heterocycles. The molecule has 1 saturated heterocycles. The lowest BCUT2D eigenvalue weighted by atomic mass is 9.99. The van der Waals surface area contributed by atoms with Crippen LogP contribution in [0.3, 0.4) is 0 Å². The van der Waals surface area contributed by atoms with Crippen molar-refractivity contribution in [2.24, 2.45) is 4.99 Å². The fraction of sp³-hybridized carbons (Fsp3) is 0.294. The number of rotatable bonds is 7. The first-order valence-corrected chi connectivity index (χ1v) is 15.8. The van der Waals surface area contributed by atoms with Gasteiger partial charge in [0.2, 0.25) is 0 Å². The molecular weight excluding hydrogens is 613 g/mol. The lowest BCUT2D eigenvalue weighted by molar-refractivity contribution is -0.274. The zero-order valence-electron chi connectivity index (χ0n) is 26.2. The van der Waals surface area contributed by atoms with Crippen LogP contribution in [0, 0.1) is 0 Å². The Balaban J connectivity index is 1.28. The molecule has 0 bridgehead atoms. The summed E-state index contributed by atoms with van der Waals surface area (Å²) in [7, 11) is 0. The van der Waals surface area contributed by atoms with Crippen molar-refractivity contribution in [3.8, 4) is 22.8 Å². The van der Waals surface area contributed by atoms with Gasteiger partial charge in [-0.05, 0) is 80.1 Å². The van der Waals surface area contributed by atoms with Gasteiger partial charge in [-0.3, -0.25) is 0 Å². The number of ether oxygens (including phenoxy) is 1. The molecular formula is C34H35F3N6O2S. The number of benzene rings is 3. The van der Waals surface area contributed by atoms with Crippen LogP contribution in [0.4, 0.5) is 23.7 Å². The minimum absolute atomic E-state index is 0.212. The van der Waals surface area contributed by atoms with Gasteiger partial charge < -0.3 is 15.0 Å². The normalized spacial score (nSPS) is 16.8. The minimum Gasteiger partial charge on any atom is -0.406 e. The van der Waals surface area contributed by atoms with Gasteiger partial charge in [0.05, 0.1) is 5.69 Å². The topological polar surface area (TPSA) is 84.6 Å². The molecule has 2 heterocycles. The molecule has 46 heavy (non-hydrogen) atoms. The lowest BCUT2D eigenvalue weighted by Gasteiger charge is -2.37. The van der Waals surface area contributed by atoms with Crippen LogP contribution in [-0.4, -0.2) is 44.1 Å². The smallest absolute Gasteiger partial charge is 0.406 e. The number of amides is 2. The van der Waals surface area contributed by atoms with Crippen molar-refractivity contribution < 1.29 is 22.7 Å². The van der Waals surface area contributed by atoms with Crippen LogP contribution in [0.1, 0.15) is 58.1 Å². The van der Waals surface area contributed by atoms with Gasteiger partial charge in [-0.15, -0.1) is 18.3 Å². The predicted octanol–water partition coefficient (Wildman–Crippen LogP) is 8.80. The largest absolute Gasteiger partial charge is 0.573 e. The molecule has 1 unspecified atom stereocenters. The highest BCUT2D eigenvalue weighted by Gasteiger charge is 2.31. The van der Waals surface area contributed by atoms with Crippen LogP contribution in [0.2, 0.25) is 0 Å². The second-order valence-corrected chi connectivity index (χ2v) is 12.3. The Morgan fingerprint density at radius 3 is 2.41 bits per heavy atom. The quantitative estimate of drug-likeness (QED) is 0.216. The minimum atomic E-state index is -4.75. The van der Waals surface area contributed by atoms with Crippen LogP contribution >= 0.6 is 11.8 Å². The lowest BCUT2D eigenvalue weighted by Crippen LogP contribution is -2.42. The third-order valence-electron chi connectivity index (χ3n) is 7.69. The van der Waals surface area contributed by atoms with Crippen molar-refractivity contribution >= 4 is 34.2 Å². The fourth-order valence-electron chi connectivity index (χ4n) is 5.10. The maximum atomic E-state index is 13.1. The van der Waals surface area contributed by atoms with E-state index in [1.165, 1.54) is 40.8 Å². The van der Waals surface area contributed by atoms with E-state index in [1.54, 1.807) is 11.8 Å². The summed E-state index contributed by atoms with van der Waals surface area (Å²) in [6.07, 6.45) is -2.27. The van der Waals surface area contributed by atoms with Crippen molar-refractivity contribution in [3.63, 3.8) is 0 Å². The summed E-state index contributed by atoms with van der Waals surface area (Å²) < 4.78 is 42.8. The molecule has 1 aliphatic rings. The van der Waals surface area contributed by atoms with Gasteiger partial charge in [0, 0.05) is 28.7 Å². The number of anilines is 1. The van der Waals surface area contributed by atoms with Gasteiger partial charge in [0.25, 0.3) is 0 Å². The molecule has 12 heteroatoms. The van der Waals surface area contributed by atoms with Gasteiger partial charge in [0.1, 0.15) is 12.1 Å². The molecule has 0 spiro atoms. The fourth-order valence-corrected chi connectivity index (χ4v) is 6.31. The molecule has 5 rings (SSSR count). The predicted molar refractivity (Wildman–Crippen MR) is 177 cm³/mol. The highest BCUT2D eigenvalue weighted by molar-refractivity contribution is 8.14. The Bertz CT molecular complexity index is 1750. The molecule has 0 aliphatic carbocycles. The molecule has 0 radical (unpaired) electrons. The average molecular weight is 649 g/mol. The van der Waals surface area contributed by atoms with E-state index in [4.69, 9.17) is 0 Å². The zero-order chi connectivity index (χ0) is 33.0. The van der Waals surface area contributed by atoms with E-state index in [1.807, 2.05) is 50.2 Å². The Morgan fingerprint density at radius 1 is 1.04 bits per heavy atom. The van der Waals surface area contributed by atoms with Crippen LogP contribution < -0.4 is 15.0 Å². The van der Waals surface area contributed by atoms with E-state index in [9.17, 15) is 18.0 Å². The monoisotopic (exact) mass is 648 g/mol. The van der Waals surface area contributed by atoms with E-state index < -0.39 is 12.4 Å². The Hall–Kier alpha value is -4.58. The summed E-state index contributed by atoms with van der Waals surface area (Å²) >= 11 is 1.59. The first-order valence-electron chi connectivity index (χ1n) is 14.9. The number of thioether (sulfide) groups is 1. The van der Waals surface area contributed by atoms with Crippen molar-refractivity contribution in [2.75, 3.05) is 10.7 Å². The molecule has 4 aromatic rings. The molecule has 2 amide bonds. The van der Waals surface area contributed by atoms with Crippen molar-refractivity contribution in [1.29, 1.82) is 0 Å². The first-order chi connectivity index (χ1) is 21.9. The number of amidine groups is 1. The van der Waals surface area contributed by atoms with E-state index >= 15 is 0 Å². The highest BCUT2D eigenvalue weighted by atomic mass is 32.2. The number of halogens is 3. The summed E-state index contributed by atoms with van der Waals surface area (Å²) in [4.78, 5) is 24.2. The number of para-hydroxylation sites is 1. The number of nitrogens with zero attached hydrogens (tertiary/aromatic N) is 5. The van der Waals surface area contributed by atoms with Crippen molar-refractivity contribution in [2.45, 2.75) is 59.4 Å². The van der Waals surface area contributed by atoms with Crippen LogP contribution in [-0.2, 0) is 0 Å². The standard InChI is InChI=1S/C34H35F3N6O2S/c1-21(2)29-8-6-7-9-30(29)43-22(3)18-19-46-33(43)40-32(44)39-24(5)23(4)25-10-12-26(13-11-25)31-38-20-42(41-31)27-14-16-28(17-15-27)45-34(35,36)37/h6-17,20-22H,18-19H2,1-5H3,(H,39,44)/b24-23+,40-33?. The Labute approximate surface area is 270 Å². The molecule has 1 N–H and O–H groups in total. The van der Waals surface area contributed by atoms with Crippen molar-refractivity contribution in [3.05, 3.63) is 95.9 Å². The SMILES string of the molecule is C/C(NC(=O)N=C1SCCC(C)N1c1ccccc1C(C)C)=C(/C)c1ccc(-c2ncn(-c3ccc(OC(F)(F)F)cc3)n2)cc1. The van der Waals surface area contributed by atoms with E-state index in [0.717, 1.165) is 34.6 Å². The van der Waals surface area contributed by atoms with Crippen LogP contribution in [0.5, 0.6) is 5.75 Å². The number of urea groups is 1. The molecule has 8 nitrogen and oxygen atoms in total. The summed E-state index contributed by atoms with van der Waals surface area (Å²) in [6.45, 7) is 10.3. The zero-order valence-corrected chi connectivity index (χ0v) is 27.0. The van der Waals surface area contributed by atoms with Gasteiger partial charge in [-0.2, -0.15) is 4.99 Å². The Kier molecular flexibility index (Phi) is 9.85. The first kappa shape index (κ1) is 32.8. The molecule has 240 valence electrons. The number of alkyl halides is 3. The number of hydrogen-bond donors (Lipinski definition) is 1. The van der Waals surface area contributed by atoms with Gasteiger partial charge >= 0.3 is 12.4 Å². The van der Waals surface area contributed by atoms with Gasteiger partial charge in [-0.1, -0.05) is 68.1 Å². The number of hydrogen-bond acceptors (Lipinski definition) is 5. The van der Waals surface area contributed by atoms with E-state index in [0.29, 0.717) is 28.3 Å². The number of allylic oxidation sites excluding steroid dienone is 2. The van der Waals surface area contributed by atoms with Crippen molar-refractivity contribution in [1.82, 2.24) is 20.1 Å². The third kappa shape index (κ3) is 7.79. The van der Waals surface area contributed by atoms with Gasteiger partial charge in [-0.25, -0.2) is 14.5 Å². The Morgan fingerprint density at radius 2 is 1.74 bits per heavy atom. The second kappa shape index (κ2) is 13.8. The summed E-state index contributed by atoms with van der Waals surface area (Å²) in [5.74, 6) is 1.36. The maximum Gasteiger partial charge on any atom is 0.573 e. The number of nitrogens with one attached hydrogen (secondary N) is 1. The summed E-state index contributed by atoms with van der Waals surface area (Å²) in [6, 6.07) is 21.0. The number of aromatic nitrogens is 3.